The van der Waals surface area contributed by atoms with E-state index in [9.17, 15) is 13.2 Å². The molecule has 1 heterocycles. The Balaban J connectivity index is 1.75. The highest BCUT2D eigenvalue weighted by Gasteiger charge is 2.28. The molecule has 0 saturated carbocycles. The van der Waals surface area contributed by atoms with E-state index in [0.717, 1.165) is 22.1 Å². The third-order valence-corrected chi connectivity index (χ3v) is 5.91. The Labute approximate surface area is 163 Å². The lowest BCUT2D eigenvalue weighted by atomic mass is 9.81. The van der Waals surface area contributed by atoms with Crippen LogP contribution in [0.15, 0.2) is 59.8 Å². The van der Waals surface area contributed by atoms with Crippen LogP contribution in [0.2, 0.25) is 0 Å². The number of rotatable bonds is 8. The fraction of sp³-hybridized carbons (Fsp3) is 0.263. The highest BCUT2D eigenvalue weighted by Crippen LogP contribution is 2.25. The monoisotopic (exact) mass is 399 g/mol. The van der Waals surface area contributed by atoms with Gasteiger partial charge in [0.05, 0.1) is 5.69 Å². The Morgan fingerprint density at radius 1 is 1.11 bits per heavy atom. The van der Waals surface area contributed by atoms with E-state index in [4.69, 9.17) is 0 Å². The number of hydrogen-bond donors (Lipinski definition) is 1. The molecule has 0 spiro atoms. The first-order chi connectivity index (χ1) is 13.4. The minimum Gasteiger partial charge on any atom is -0.302 e. The maximum Gasteiger partial charge on any atom is 0.287 e. The summed E-state index contributed by atoms with van der Waals surface area (Å²) < 4.78 is 29.0. The summed E-state index contributed by atoms with van der Waals surface area (Å²) in [7, 11) is -3.95. The van der Waals surface area contributed by atoms with Crippen LogP contribution in [-0.4, -0.2) is 41.5 Å². The van der Waals surface area contributed by atoms with E-state index in [1.54, 1.807) is 31.2 Å². The highest BCUT2D eigenvalue weighted by atomic mass is 32.2. The fourth-order valence-corrected chi connectivity index (χ4v) is 3.81. The van der Waals surface area contributed by atoms with Gasteiger partial charge >= 0.3 is 0 Å². The van der Waals surface area contributed by atoms with E-state index < -0.39 is 15.4 Å². The number of aldehydes is 1. The number of aromatic nitrogens is 4. The molecule has 2 aromatic carbocycles. The van der Waals surface area contributed by atoms with Crippen molar-refractivity contribution >= 4 is 16.3 Å². The van der Waals surface area contributed by atoms with Gasteiger partial charge in [0.25, 0.3) is 15.2 Å². The van der Waals surface area contributed by atoms with E-state index >= 15 is 0 Å². The molecule has 0 amide bonds. The van der Waals surface area contributed by atoms with E-state index in [1.807, 2.05) is 37.3 Å². The van der Waals surface area contributed by atoms with E-state index in [0.29, 0.717) is 12.1 Å². The quantitative estimate of drug-likeness (QED) is 0.579. The Morgan fingerprint density at radius 2 is 1.79 bits per heavy atom. The van der Waals surface area contributed by atoms with Crippen molar-refractivity contribution in [2.75, 3.05) is 6.54 Å². The summed E-state index contributed by atoms with van der Waals surface area (Å²) in [4.78, 5) is 11.7. The third kappa shape index (κ3) is 4.15. The molecule has 1 aromatic heterocycles. The van der Waals surface area contributed by atoms with Crippen molar-refractivity contribution in [1.29, 1.82) is 0 Å². The first kappa shape index (κ1) is 19.8. The summed E-state index contributed by atoms with van der Waals surface area (Å²) in [6.07, 6.45) is 1.14. The minimum atomic E-state index is -3.95. The summed E-state index contributed by atoms with van der Waals surface area (Å²) in [5.41, 5.74) is 1.65. The largest absolute Gasteiger partial charge is 0.302 e. The van der Waals surface area contributed by atoms with Gasteiger partial charge < -0.3 is 4.79 Å². The van der Waals surface area contributed by atoms with E-state index in [-0.39, 0.29) is 11.7 Å². The number of para-hydroxylation sites is 1. The molecule has 0 radical (unpaired) electrons. The summed E-state index contributed by atoms with van der Waals surface area (Å²) >= 11 is 0. The SMILES string of the molecule is Cc1ccc([C@](C)(C=O)CCNS(=O)(=O)c2nnnn2-c2ccccc2)cc1. The Kier molecular flexibility index (Phi) is 5.66. The zero-order valence-corrected chi connectivity index (χ0v) is 16.4. The van der Waals surface area contributed by atoms with Crippen LogP contribution in [0.25, 0.3) is 5.69 Å². The molecule has 0 aliphatic carbocycles. The van der Waals surface area contributed by atoms with Crippen LogP contribution in [0.5, 0.6) is 0 Å². The number of carbonyl (C=O) groups excluding carboxylic acids is 1. The predicted molar refractivity (Wildman–Crippen MR) is 104 cm³/mol. The fourth-order valence-electron chi connectivity index (χ4n) is 2.79. The van der Waals surface area contributed by atoms with Crippen LogP contribution in [-0.2, 0) is 20.2 Å². The van der Waals surface area contributed by atoms with Gasteiger partial charge in [0, 0.05) is 12.0 Å². The molecule has 1 N–H and O–H groups in total. The van der Waals surface area contributed by atoms with Gasteiger partial charge in [-0.3, -0.25) is 0 Å². The van der Waals surface area contributed by atoms with Crippen molar-refractivity contribution in [3.05, 3.63) is 65.7 Å². The molecule has 0 unspecified atom stereocenters. The Morgan fingerprint density at radius 3 is 2.43 bits per heavy atom. The van der Waals surface area contributed by atoms with Crippen molar-refractivity contribution in [3.8, 4) is 5.69 Å². The van der Waals surface area contributed by atoms with Crippen molar-refractivity contribution in [1.82, 2.24) is 24.9 Å². The molecule has 0 aliphatic heterocycles. The molecule has 146 valence electrons. The molecule has 3 aromatic rings. The number of sulfonamides is 1. The van der Waals surface area contributed by atoms with Crippen LogP contribution in [0.3, 0.4) is 0 Å². The summed E-state index contributed by atoms with van der Waals surface area (Å²) in [5.74, 6) is 0. The molecule has 0 bridgehead atoms. The first-order valence-corrected chi connectivity index (χ1v) is 10.2. The summed E-state index contributed by atoms with van der Waals surface area (Å²) in [6.45, 7) is 3.81. The second-order valence-corrected chi connectivity index (χ2v) is 8.42. The summed E-state index contributed by atoms with van der Waals surface area (Å²) in [6, 6.07) is 16.4. The first-order valence-electron chi connectivity index (χ1n) is 8.73. The van der Waals surface area contributed by atoms with Crippen LogP contribution >= 0.6 is 0 Å². The molecule has 28 heavy (non-hydrogen) atoms. The Hall–Kier alpha value is -2.91. The van der Waals surface area contributed by atoms with Crippen LogP contribution < -0.4 is 4.72 Å². The third-order valence-electron chi connectivity index (χ3n) is 4.59. The number of tetrazole rings is 1. The topological polar surface area (TPSA) is 107 Å². The van der Waals surface area contributed by atoms with Gasteiger partial charge in [-0.15, -0.1) is 0 Å². The molecular weight excluding hydrogens is 378 g/mol. The number of carbonyl (C=O) groups is 1. The lowest BCUT2D eigenvalue weighted by Gasteiger charge is -2.23. The zero-order valence-electron chi connectivity index (χ0n) is 15.6. The lowest BCUT2D eigenvalue weighted by Crippen LogP contribution is -2.33. The number of nitrogens with zero attached hydrogens (tertiary/aromatic N) is 4. The van der Waals surface area contributed by atoms with Gasteiger partial charge in [-0.1, -0.05) is 53.1 Å². The molecule has 9 heteroatoms. The molecule has 0 fully saturated rings. The van der Waals surface area contributed by atoms with Crippen LogP contribution in [0.4, 0.5) is 0 Å². The van der Waals surface area contributed by atoms with Gasteiger partial charge in [0.1, 0.15) is 6.29 Å². The van der Waals surface area contributed by atoms with Gasteiger partial charge in [-0.25, -0.2) is 13.1 Å². The van der Waals surface area contributed by atoms with Crippen molar-refractivity contribution in [2.45, 2.75) is 30.8 Å². The normalized spacial score (nSPS) is 13.8. The number of aryl methyl sites for hydroxylation is 1. The van der Waals surface area contributed by atoms with Gasteiger partial charge in [-0.05, 0) is 48.4 Å². The second-order valence-electron chi connectivity index (χ2n) is 6.76. The Bertz CT molecular complexity index is 1050. The minimum absolute atomic E-state index is 0.0626. The second kappa shape index (κ2) is 7.99. The lowest BCUT2D eigenvalue weighted by molar-refractivity contribution is -0.112. The molecule has 1 atom stereocenters. The molecule has 8 nitrogen and oxygen atoms in total. The van der Waals surface area contributed by atoms with Crippen LogP contribution in [0.1, 0.15) is 24.5 Å². The zero-order chi connectivity index (χ0) is 20.2. The molecule has 0 saturated heterocycles. The van der Waals surface area contributed by atoms with Gasteiger partial charge in [0.15, 0.2) is 0 Å². The van der Waals surface area contributed by atoms with Crippen molar-refractivity contribution in [2.24, 2.45) is 0 Å². The number of benzene rings is 2. The van der Waals surface area contributed by atoms with Gasteiger partial charge in [0.2, 0.25) is 0 Å². The highest BCUT2D eigenvalue weighted by molar-refractivity contribution is 7.89. The maximum absolute atomic E-state index is 12.7. The smallest absolute Gasteiger partial charge is 0.287 e. The molecule has 0 aliphatic rings. The summed E-state index contributed by atoms with van der Waals surface area (Å²) in [5, 5.41) is 10.6. The van der Waals surface area contributed by atoms with E-state index in [1.165, 1.54) is 0 Å². The standard InChI is InChI=1S/C19H21N5O3S/c1-15-8-10-16(11-9-15)19(2,14-25)12-13-20-28(26,27)18-21-22-23-24(18)17-6-4-3-5-7-17/h3-11,14,20H,12-13H2,1-2H3/t19-/m0/s1. The average Bonchev–Trinajstić information content (AvgIpc) is 3.20. The molecule has 3 rings (SSSR count). The average molecular weight is 399 g/mol. The van der Waals surface area contributed by atoms with E-state index in [2.05, 4.69) is 20.2 Å². The number of hydrogen-bond acceptors (Lipinski definition) is 6. The molecular formula is C19H21N5O3S. The van der Waals surface area contributed by atoms with Crippen LogP contribution in [0, 0.1) is 6.92 Å². The van der Waals surface area contributed by atoms with Crippen molar-refractivity contribution < 1.29 is 13.2 Å². The van der Waals surface area contributed by atoms with Crippen molar-refractivity contribution in [3.63, 3.8) is 0 Å². The maximum atomic E-state index is 12.7. The number of nitrogens with one attached hydrogen (secondary N) is 1. The van der Waals surface area contributed by atoms with Gasteiger partial charge in [-0.2, -0.15) is 4.68 Å². The predicted octanol–water partition coefficient (Wildman–Crippen LogP) is 1.80.